The van der Waals surface area contributed by atoms with E-state index in [0.717, 1.165) is 49.2 Å². The maximum atomic E-state index is 12.9. The van der Waals surface area contributed by atoms with E-state index in [4.69, 9.17) is 10.5 Å². The number of rotatable bonds is 13. The number of benzene rings is 2. The average molecular weight is 570 g/mol. The SMILES string of the molecule is COc1cccc(CNC[C@H](O)[C@H](Cc2ccccc2)NC(=O)[C@H](N)CCC(=O)N2CCCCC2)c1.Cl.Cl. The highest BCUT2D eigenvalue weighted by Crippen LogP contribution is 2.13. The van der Waals surface area contributed by atoms with Gasteiger partial charge in [0.25, 0.3) is 0 Å². The predicted octanol–water partition coefficient (Wildman–Crippen LogP) is 2.84. The number of carbonyl (C=O) groups is 2. The summed E-state index contributed by atoms with van der Waals surface area (Å²) in [6.45, 7) is 2.42. The summed E-state index contributed by atoms with van der Waals surface area (Å²) in [5.74, 6) is 0.478. The summed E-state index contributed by atoms with van der Waals surface area (Å²) < 4.78 is 5.26. The van der Waals surface area contributed by atoms with Crippen molar-refractivity contribution < 1.29 is 19.4 Å². The number of aliphatic hydroxyl groups is 1. The Balaban J connectivity index is 0.00000361. The van der Waals surface area contributed by atoms with Gasteiger partial charge in [0.2, 0.25) is 11.8 Å². The minimum Gasteiger partial charge on any atom is -0.497 e. The van der Waals surface area contributed by atoms with E-state index in [0.29, 0.717) is 13.0 Å². The first-order chi connectivity index (χ1) is 17.5. The van der Waals surface area contributed by atoms with Crippen LogP contribution >= 0.6 is 24.8 Å². The summed E-state index contributed by atoms with van der Waals surface area (Å²) >= 11 is 0. The first-order valence-corrected chi connectivity index (χ1v) is 12.9. The molecule has 3 atom stereocenters. The molecule has 0 radical (unpaired) electrons. The summed E-state index contributed by atoms with van der Waals surface area (Å²) in [6.07, 6.45) is 3.39. The molecule has 1 heterocycles. The summed E-state index contributed by atoms with van der Waals surface area (Å²) in [5, 5.41) is 17.2. The number of aliphatic hydroxyl groups excluding tert-OH is 1. The number of piperidine rings is 1. The third kappa shape index (κ3) is 11.2. The summed E-state index contributed by atoms with van der Waals surface area (Å²) in [4.78, 5) is 27.2. The van der Waals surface area contributed by atoms with Crippen molar-refractivity contribution in [2.45, 2.75) is 63.3 Å². The van der Waals surface area contributed by atoms with Crippen molar-refractivity contribution in [1.29, 1.82) is 0 Å². The van der Waals surface area contributed by atoms with Gasteiger partial charge in [-0.3, -0.25) is 9.59 Å². The van der Waals surface area contributed by atoms with Crippen molar-refractivity contribution in [3.05, 3.63) is 65.7 Å². The van der Waals surface area contributed by atoms with Crippen LogP contribution in [-0.4, -0.2) is 66.8 Å². The van der Waals surface area contributed by atoms with E-state index in [1.165, 1.54) is 0 Å². The predicted molar refractivity (Wildman–Crippen MR) is 155 cm³/mol. The van der Waals surface area contributed by atoms with Crippen LogP contribution in [0.4, 0.5) is 0 Å². The van der Waals surface area contributed by atoms with Gasteiger partial charge in [0.1, 0.15) is 5.75 Å². The Labute approximate surface area is 238 Å². The van der Waals surface area contributed by atoms with Crippen LogP contribution in [-0.2, 0) is 22.6 Å². The van der Waals surface area contributed by atoms with Crippen molar-refractivity contribution in [3.63, 3.8) is 0 Å². The minimum atomic E-state index is -0.832. The zero-order valence-electron chi connectivity index (χ0n) is 22.0. The number of ether oxygens (including phenoxy) is 1. The Morgan fingerprint density at radius 3 is 2.39 bits per heavy atom. The molecule has 212 valence electrons. The van der Waals surface area contributed by atoms with E-state index in [-0.39, 0.29) is 56.0 Å². The summed E-state index contributed by atoms with van der Waals surface area (Å²) in [7, 11) is 1.63. The van der Waals surface area contributed by atoms with Crippen molar-refractivity contribution in [2.24, 2.45) is 5.73 Å². The number of halogens is 2. The molecular weight excluding hydrogens is 527 g/mol. The minimum absolute atomic E-state index is 0. The molecule has 38 heavy (non-hydrogen) atoms. The Bertz CT molecular complexity index is 961. The third-order valence-electron chi connectivity index (χ3n) is 6.62. The zero-order valence-corrected chi connectivity index (χ0v) is 23.6. The number of likely N-dealkylation sites (tertiary alicyclic amines) is 1. The van der Waals surface area contributed by atoms with E-state index in [1.807, 2.05) is 59.5 Å². The second kappa shape index (κ2) is 18.0. The van der Waals surface area contributed by atoms with Crippen LogP contribution in [0, 0.1) is 0 Å². The Hall–Kier alpha value is -2.36. The fourth-order valence-corrected chi connectivity index (χ4v) is 4.44. The lowest BCUT2D eigenvalue weighted by atomic mass is 10.00. The molecule has 10 heteroatoms. The van der Waals surface area contributed by atoms with E-state index >= 15 is 0 Å². The topological polar surface area (TPSA) is 117 Å². The first-order valence-electron chi connectivity index (χ1n) is 12.9. The summed E-state index contributed by atoms with van der Waals surface area (Å²) in [6, 6.07) is 16.1. The normalized spacial score (nSPS) is 15.3. The summed E-state index contributed by atoms with van der Waals surface area (Å²) in [5.41, 5.74) is 8.18. The first kappa shape index (κ1) is 33.7. The van der Waals surface area contributed by atoms with E-state index < -0.39 is 18.2 Å². The molecule has 1 saturated heterocycles. The fraction of sp³-hybridized carbons (Fsp3) is 0.500. The molecule has 0 spiro atoms. The maximum Gasteiger partial charge on any atom is 0.237 e. The van der Waals surface area contributed by atoms with Gasteiger partial charge >= 0.3 is 0 Å². The van der Waals surface area contributed by atoms with Crippen molar-refractivity contribution >= 4 is 36.6 Å². The molecule has 0 unspecified atom stereocenters. The fourth-order valence-electron chi connectivity index (χ4n) is 4.44. The molecule has 2 amide bonds. The monoisotopic (exact) mass is 568 g/mol. The van der Waals surface area contributed by atoms with Gasteiger partial charge < -0.3 is 31.1 Å². The highest BCUT2D eigenvalue weighted by atomic mass is 35.5. The van der Waals surface area contributed by atoms with Gasteiger partial charge in [-0.15, -0.1) is 24.8 Å². The molecule has 1 aliphatic heterocycles. The largest absolute Gasteiger partial charge is 0.497 e. The molecule has 1 fully saturated rings. The third-order valence-corrected chi connectivity index (χ3v) is 6.62. The van der Waals surface area contributed by atoms with E-state index in [2.05, 4.69) is 10.6 Å². The average Bonchev–Trinajstić information content (AvgIpc) is 2.92. The van der Waals surface area contributed by atoms with Crippen LogP contribution in [0.5, 0.6) is 5.75 Å². The molecule has 3 rings (SSSR count). The molecule has 1 aliphatic rings. The van der Waals surface area contributed by atoms with Gasteiger partial charge in [-0.25, -0.2) is 0 Å². The molecule has 0 saturated carbocycles. The number of nitrogens with zero attached hydrogens (tertiary/aromatic N) is 1. The van der Waals surface area contributed by atoms with Crippen molar-refractivity contribution in [2.75, 3.05) is 26.7 Å². The molecule has 8 nitrogen and oxygen atoms in total. The smallest absolute Gasteiger partial charge is 0.237 e. The number of nitrogens with one attached hydrogen (secondary N) is 2. The number of carbonyl (C=O) groups excluding carboxylic acids is 2. The van der Waals surface area contributed by atoms with Gasteiger partial charge in [-0.2, -0.15) is 0 Å². The number of methoxy groups -OCH3 is 1. The van der Waals surface area contributed by atoms with E-state index in [9.17, 15) is 14.7 Å². The Morgan fingerprint density at radius 2 is 1.71 bits per heavy atom. The Morgan fingerprint density at radius 1 is 1.03 bits per heavy atom. The van der Waals surface area contributed by atoms with Crippen LogP contribution in [0.15, 0.2) is 54.6 Å². The van der Waals surface area contributed by atoms with Crippen LogP contribution in [0.25, 0.3) is 0 Å². The highest BCUT2D eigenvalue weighted by molar-refractivity contribution is 5.85. The van der Waals surface area contributed by atoms with Gasteiger partial charge in [0.15, 0.2) is 0 Å². The number of hydrogen-bond donors (Lipinski definition) is 4. The van der Waals surface area contributed by atoms with Gasteiger partial charge in [-0.1, -0.05) is 42.5 Å². The molecule has 2 aromatic rings. The second-order valence-electron chi connectivity index (χ2n) is 9.44. The molecule has 0 aliphatic carbocycles. The van der Waals surface area contributed by atoms with Crippen LogP contribution in [0.2, 0.25) is 0 Å². The van der Waals surface area contributed by atoms with Crippen LogP contribution in [0.3, 0.4) is 0 Å². The molecule has 2 aromatic carbocycles. The van der Waals surface area contributed by atoms with Gasteiger partial charge in [0.05, 0.1) is 25.3 Å². The van der Waals surface area contributed by atoms with Crippen molar-refractivity contribution in [3.8, 4) is 5.75 Å². The Kier molecular flexibility index (Phi) is 16.0. The maximum absolute atomic E-state index is 12.9. The standard InChI is InChI=1S/C28H40N4O4.2ClH/c1-36-23-12-8-11-22(17-23)19-30-20-26(33)25(18-21-9-4-2-5-10-21)31-28(35)24(29)13-14-27(34)32-15-6-3-7-16-32;;/h2,4-5,8-12,17,24-26,30,33H,3,6-7,13-16,18-20,29H2,1H3,(H,31,35);2*1H/t24-,25+,26+;;/m1../s1. The van der Waals surface area contributed by atoms with Crippen LogP contribution in [0.1, 0.15) is 43.2 Å². The number of hydrogen-bond acceptors (Lipinski definition) is 6. The molecule has 0 aromatic heterocycles. The highest BCUT2D eigenvalue weighted by Gasteiger charge is 2.25. The number of nitrogens with two attached hydrogens (primary N) is 1. The lowest BCUT2D eigenvalue weighted by Crippen LogP contribution is -2.53. The second-order valence-corrected chi connectivity index (χ2v) is 9.44. The van der Waals surface area contributed by atoms with Crippen LogP contribution < -0.4 is 21.1 Å². The zero-order chi connectivity index (χ0) is 25.8. The molecule has 5 N–H and O–H groups in total. The molecule has 0 bridgehead atoms. The van der Waals surface area contributed by atoms with E-state index in [1.54, 1.807) is 7.11 Å². The van der Waals surface area contributed by atoms with Gasteiger partial charge in [-0.05, 0) is 55.4 Å². The lowest BCUT2D eigenvalue weighted by Gasteiger charge is -2.28. The van der Waals surface area contributed by atoms with Crippen molar-refractivity contribution in [1.82, 2.24) is 15.5 Å². The van der Waals surface area contributed by atoms with Gasteiger partial charge in [0, 0.05) is 32.6 Å². The molecular formula is C28H42Cl2N4O4. The quantitative estimate of drug-likeness (QED) is 0.295. The number of amides is 2. The lowest BCUT2D eigenvalue weighted by molar-refractivity contribution is -0.132.